The normalized spacial score (nSPS) is 10.4. The van der Waals surface area contributed by atoms with Gasteiger partial charge < -0.3 is 30.2 Å². The van der Waals surface area contributed by atoms with Crippen LogP contribution in [0.25, 0.3) is 0 Å². The lowest BCUT2D eigenvalue weighted by Gasteiger charge is -2.14. The average Bonchev–Trinajstić information content (AvgIpc) is 3.19. The number of esters is 3. The smallest absolute Gasteiger partial charge is 0.348 e. The van der Waals surface area contributed by atoms with Gasteiger partial charge in [0, 0.05) is 17.1 Å². The number of carbonyl (C=O) groups is 3. The molecule has 3 N–H and O–H groups in total. The summed E-state index contributed by atoms with van der Waals surface area (Å²) in [6, 6.07) is 48.9. The number of nitrogens with one attached hydrogen (secondary N) is 3. The second-order valence-corrected chi connectivity index (χ2v) is 11.6. The molecule has 0 aliphatic heterocycles. The number of benzene rings is 6. The fraction of sp³-hybridized carbons (Fsp3) is 0. The maximum absolute atomic E-state index is 13.6. The van der Waals surface area contributed by atoms with Gasteiger partial charge in [-0.1, -0.05) is 91.0 Å². The molecule has 264 valence electrons. The summed E-state index contributed by atoms with van der Waals surface area (Å²) in [7, 11) is 0. The second kappa shape index (κ2) is 16.5. The van der Waals surface area contributed by atoms with E-state index in [2.05, 4.69) is 25.9 Å². The van der Waals surface area contributed by atoms with E-state index in [4.69, 9.17) is 14.2 Å². The molecule has 0 aliphatic rings. The van der Waals surface area contributed by atoms with Crippen LogP contribution in [0.2, 0.25) is 0 Å². The molecule has 0 saturated carbocycles. The van der Waals surface area contributed by atoms with Crippen molar-refractivity contribution in [2.24, 2.45) is 0 Å². The fourth-order valence-corrected chi connectivity index (χ4v) is 5.31. The molecule has 7 rings (SSSR count). The molecule has 0 radical (unpaired) electrons. The van der Waals surface area contributed by atoms with Gasteiger partial charge in [0.15, 0.2) is 0 Å². The number of ether oxygens (including phenoxy) is 3. The van der Waals surface area contributed by atoms with Crippen LogP contribution in [0.4, 0.5) is 34.1 Å². The van der Waals surface area contributed by atoms with E-state index in [1.807, 2.05) is 91.0 Å². The minimum Gasteiger partial charge on any atom is -0.403 e. The van der Waals surface area contributed by atoms with Crippen molar-refractivity contribution in [3.05, 3.63) is 187 Å². The van der Waals surface area contributed by atoms with Crippen LogP contribution in [0.1, 0.15) is 31.1 Å². The largest absolute Gasteiger partial charge is 0.403 e. The third-order valence-electron chi connectivity index (χ3n) is 7.84. The van der Waals surface area contributed by atoms with Gasteiger partial charge in [-0.2, -0.15) is 9.97 Å². The molecule has 0 unspecified atom stereocenters. The molecule has 54 heavy (non-hydrogen) atoms. The van der Waals surface area contributed by atoms with Crippen molar-refractivity contribution in [2.75, 3.05) is 16.0 Å². The lowest BCUT2D eigenvalue weighted by Crippen LogP contribution is -2.16. The van der Waals surface area contributed by atoms with E-state index >= 15 is 0 Å². The van der Waals surface area contributed by atoms with Gasteiger partial charge in [0.2, 0.25) is 11.8 Å². The first kappa shape index (κ1) is 34.6. The van der Waals surface area contributed by atoms with Crippen LogP contribution >= 0.6 is 0 Å². The number of rotatable bonds is 12. The number of anilines is 6. The Morgan fingerprint density at radius 2 is 0.667 bits per heavy atom. The van der Waals surface area contributed by atoms with Crippen molar-refractivity contribution in [3.8, 4) is 17.8 Å². The molecular formula is C43H31N5O6. The number of aromatic nitrogens is 2. The first-order valence-electron chi connectivity index (χ1n) is 16.8. The van der Waals surface area contributed by atoms with Crippen molar-refractivity contribution >= 4 is 52.0 Å². The first-order chi connectivity index (χ1) is 26.5. The number of hydrogen-bond acceptors (Lipinski definition) is 11. The SMILES string of the molecule is O=C(Oc1cc(OC(=O)c2ccccc2Nc2ccccc2)nc(OC(=O)c2ccccc2Nc2ccccc2)n1)c1ccccc1Nc1ccccc1. The minimum absolute atomic E-state index is 0.174. The Morgan fingerprint density at radius 1 is 0.370 bits per heavy atom. The molecular weight excluding hydrogens is 683 g/mol. The minimum atomic E-state index is -0.815. The third-order valence-corrected chi connectivity index (χ3v) is 7.84. The Balaban J connectivity index is 1.18. The van der Waals surface area contributed by atoms with Crippen LogP contribution in [0.5, 0.6) is 17.8 Å². The molecule has 11 nitrogen and oxygen atoms in total. The van der Waals surface area contributed by atoms with Crippen molar-refractivity contribution in [3.63, 3.8) is 0 Å². The lowest BCUT2D eigenvalue weighted by atomic mass is 10.1. The van der Waals surface area contributed by atoms with Gasteiger partial charge in [-0.05, 0) is 72.8 Å². The summed E-state index contributed by atoms with van der Waals surface area (Å²) in [5.41, 5.74) is 4.25. The summed E-state index contributed by atoms with van der Waals surface area (Å²) >= 11 is 0. The lowest BCUT2D eigenvalue weighted by molar-refractivity contribution is 0.0705. The molecule has 0 saturated heterocycles. The van der Waals surface area contributed by atoms with Crippen LogP contribution in [0.15, 0.2) is 170 Å². The van der Waals surface area contributed by atoms with E-state index in [0.717, 1.165) is 17.1 Å². The molecule has 0 amide bonds. The van der Waals surface area contributed by atoms with Crippen molar-refractivity contribution in [1.82, 2.24) is 9.97 Å². The van der Waals surface area contributed by atoms with E-state index in [-0.39, 0.29) is 28.5 Å². The summed E-state index contributed by atoms with van der Waals surface area (Å²) < 4.78 is 17.0. The predicted molar refractivity (Wildman–Crippen MR) is 205 cm³/mol. The predicted octanol–water partition coefficient (Wildman–Crippen LogP) is 9.36. The third kappa shape index (κ3) is 8.74. The second-order valence-electron chi connectivity index (χ2n) is 11.6. The number of nitrogens with zero attached hydrogens (tertiary/aromatic N) is 2. The van der Waals surface area contributed by atoms with Crippen LogP contribution in [-0.2, 0) is 0 Å². The van der Waals surface area contributed by atoms with Gasteiger partial charge in [0.1, 0.15) is 0 Å². The van der Waals surface area contributed by atoms with Crippen LogP contribution in [0, 0.1) is 0 Å². The zero-order chi connectivity index (χ0) is 37.1. The molecule has 0 spiro atoms. The van der Waals surface area contributed by atoms with E-state index in [9.17, 15) is 14.4 Å². The zero-order valence-corrected chi connectivity index (χ0v) is 28.5. The highest BCUT2D eigenvalue weighted by Gasteiger charge is 2.22. The van der Waals surface area contributed by atoms with Crippen LogP contribution < -0.4 is 30.2 Å². The van der Waals surface area contributed by atoms with Gasteiger partial charge in [-0.25, -0.2) is 14.4 Å². The molecule has 0 fully saturated rings. The van der Waals surface area contributed by atoms with E-state index in [1.54, 1.807) is 72.8 Å². The van der Waals surface area contributed by atoms with Gasteiger partial charge in [-0.15, -0.1) is 0 Å². The highest BCUT2D eigenvalue weighted by atomic mass is 16.6. The summed E-state index contributed by atoms with van der Waals surface area (Å²) in [5, 5.41) is 9.63. The molecule has 11 heteroatoms. The maximum atomic E-state index is 13.6. The Hall–Kier alpha value is -7.79. The summed E-state index contributed by atoms with van der Waals surface area (Å²) in [4.78, 5) is 49.2. The zero-order valence-electron chi connectivity index (χ0n) is 28.5. The number of carbonyl (C=O) groups excluding carboxylic acids is 3. The van der Waals surface area contributed by atoms with Crippen molar-refractivity contribution < 1.29 is 28.6 Å². The van der Waals surface area contributed by atoms with Gasteiger partial charge in [0.05, 0.1) is 39.8 Å². The first-order valence-corrected chi connectivity index (χ1v) is 16.8. The highest BCUT2D eigenvalue weighted by Crippen LogP contribution is 2.28. The maximum Gasteiger partial charge on any atom is 0.348 e. The Morgan fingerprint density at radius 3 is 1.02 bits per heavy atom. The number of para-hydroxylation sites is 6. The molecule has 0 atom stereocenters. The molecule has 6 aromatic carbocycles. The van der Waals surface area contributed by atoms with Crippen molar-refractivity contribution in [1.29, 1.82) is 0 Å². The van der Waals surface area contributed by atoms with Gasteiger partial charge in [-0.3, -0.25) is 0 Å². The van der Waals surface area contributed by atoms with Gasteiger partial charge in [0.25, 0.3) is 0 Å². The summed E-state index contributed by atoms with van der Waals surface area (Å²) in [6.45, 7) is 0. The van der Waals surface area contributed by atoms with Crippen LogP contribution in [0.3, 0.4) is 0 Å². The molecule has 1 aromatic heterocycles. The fourth-order valence-electron chi connectivity index (χ4n) is 5.31. The molecule has 1 heterocycles. The Kier molecular flexibility index (Phi) is 10.6. The summed E-state index contributed by atoms with van der Waals surface area (Å²) in [6.07, 6.45) is 0. The quantitative estimate of drug-likeness (QED) is 0.104. The van der Waals surface area contributed by atoms with Crippen molar-refractivity contribution in [2.45, 2.75) is 0 Å². The number of hydrogen-bond donors (Lipinski definition) is 3. The Labute approximate surface area is 310 Å². The standard InChI is InChI=1S/C43H31N5O6/c49-40(32-22-10-13-25-35(32)44-29-16-4-1-5-17-29)52-38-28-39(53-41(50)33-23-11-14-26-36(33)45-30-18-6-2-7-19-30)48-43(47-38)54-42(51)34-24-12-15-27-37(34)46-31-20-8-3-9-21-31/h1-28,44-46H. The van der Waals surface area contributed by atoms with E-state index in [0.29, 0.717) is 17.1 Å². The molecule has 0 aliphatic carbocycles. The average molecular weight is 714 g/mol. The topological polar surface area (TPSA) is 141 Å². The Bertz CT molecular complexity index is 2130. The van der Waals surface area contributed by atoms with E-state index < -0.39 is 23.9 Å². The monoisotopic (exact) mass is 713 g/mol. The van der Waals surface area contributed by atoms with E-state index in [1.165, 1.54) is 6.07 Å². The van der Waals surface area contributed by atoms with Crippen LogP contribution in [-0.4, -0.2) is 27.9 Å². The van der Waals surface area contributed by atoms with Gasteiger partial charge >= 0.3 is 23.9 Å². The highest BCUT2D eigenvalue weighted by molar-refractivity contribution is 5.99. The summed E-state index contributed by atoms with van der Waals surface area (Å²) in [5.74, 6) is -3.04. The molecule has 7 aromatic rings. The molecule has 0 bridgehead atoms.